The van der Waals surface area contributed by atoms with E-state index in [0.29, 0.717) is 29.5 Å². The minimum Gasteiger partial charge on any atom is -0.481 e. The third-order valence-electron chi connectivity index (χ3n) is 7.29. The van der Waals surface area contributed by atoms with Crippen LogP contribution in [0.5, 0.6) is 11.8 Å². The van der Waals surface area contributed by atoms with Crippen molar-refractivity contribution in [2.75, 3.05) is 27.4 Å². The van der Waals surface area contributed by atoms with Crippen LogP contribution in [-0.2, 0) is 48.2 Å². The molecule has 242 valence electrons. The lowest BCUT2D eigenvalue weighted by molar-refractivity contribution is -0.236. The van der Waals surface area contributed by atoms with Gasteiger partial charge in [0.15, 0.2) is 23.3 Å². The molecule has 0 radical (unpaired) electrons. The Morgan fingerprint density at radius 3 is 1.82 bits per heavy atom. The highest BCUT2D eigenvalue weighted by Gasteiger charge is 2.45. The van der Waals surface area contributed by atoms with E-state index in [0.717, 1.165) is 0 Å². The van der Waals surface area contributed by atoms with Crippen molar-refractivity contribution >= 4 is 17.9 Å². The van der Waals surface area contributed by atoms with Crippen LogP contribution in [0.15, 0.2) is 12.1 Å². The van der Waals surface area contributed by atoms with E-state index in [4.69, 9.17) is 28.4 Å². The third kappa shape index (κ3) is 6.78. The number of aliphatic hydroxyl groups excluding tert-OH is 1. The third-order valence-corrected chi connectivity index (χ3v) is 7.29. The second kappa shape index (κ2) is 14.8. The van der Waals surface area contributed by atoms with Crippen LogP contribution in [0, 0.1) is 0 Å². The minimum atomic E-state index is -1.82. The number of methoxy groups -OCH3 is 2. The molecule has 2 aliphatic rings. The van der Waals surface area contributed by atoms with Crippen LogP contribution in [0.2, 0.25) is 0 Å². The summed E-state index contributed by atoms with van der Waals surface area (Å²) in [6.45, 7) is 7.65. The number of pyridine rings is 2. The second-order valence-electron chi connectivity index (χ2n) is 10.1. The summed E-state index contributed by atoms with van der Waals surface area (Å²) < 4.78 is 30.6. The van der Waals surface area contributed by atoms with Crippen molar-refractivity contribution < 1.29 is 58.1 Å². The summed E-state index contributed by atoms with van der Waals surface area (Å²) in [6.07, 6.45) is 0.308. The first-order valence-corrected chi connectivity index (χ1v) is 14.4. The lowest BCUT2D eigenvalue weighted by Crippen LogP contribution is -2.45. The number of aliphatic hydroxyl groups is 3. The number of hydrogen-bond acceptors (Lipinski definition) is 14. The van der Waals surface area contributed by atoms with Gasteiger partial charge in [-0.1, -0.05) is 27.7 Å². The molecule has 2 aromatic heterocycles. The van der Waals surface area contributed by atoms with Crippen LogP contribution in [0.4, 0.5) is 0 Å². The fourth-order valence-electron chi connectivity index (χ4n) is 4.71. The van der Waals surface area contributed by atoms with Gasteiger partial charge in [-0.05, 0) is 37.8 Å². The Morgan fingerprint density at radius 1 is 0.864 bits per heavy atom. The summed E-state index contributed by atoms with van der Waals surface area (Å²) in [5.74, 6) is -1.65. The molecule has 14 heteroatoms. The molecule has 0 saturated heterocycles. The largest absolute Gasteiger partial charge is 0.481 e. The first kappa shape index (κ1) is 34.6. The van der Waals surface area contributed by atoms with Gasteiger partial charge in [0.05, 0.1) is 39.6 Å². The zero-order valence-corrected chi connectivity index (χ0v) is 25.8. The summed E-state index contributed by atoms with van der Waals surface area (Å²) in [6, 6.07) is 2.81. The maximum Gasteiger partial charge on any atom is 0.357 e. The zero-order chi connectivity index (χ0) is 32.7. The van der Waals surface area contributed by atoms with Gasteiger partial charge in [-0.15, -0.1) is 0 Å². The highest BCUT2D eigenvalue weighted by molar-refractivity contribution is 5.90. The molecule has 44 heavy (non-hydrogen) atoms. The van der Waals surface area contributed by atoms with Crippen LogP contribution < -0.4 is 9.47 Å². The summed E-state index contributed by atoms with van der Waals surface area (Å²) in [4.78, 5) is 44.1. The van der Waals surface area contributed by atoms with E-state index in [1.165, 1.54) is 26.4 Å². The smallest absolute Gasteiger partial charge is 0.357 e. The molecule has 2 aromatic rings. The van der Waals surface area contributed by atoms with E-state index < -0.39 is 35.4 Å². The number of cyclic esters (lactones) is 1. The molecule has 2 aliphatic heterocycles. The molecule has 0 aliphatic carbocycles. The molecule has 0 aromatic carbocycles. The van der Waals surface area contributed by atoms with Crippen molar-refractivity contribution in [3.63, 3.8) is 0 Å². The van der Waals surface area contributed by atoms with E-state index in [1.807, 2.05) is 13.8 Å². The van der Waals surface area contributed by atoms with E-state index in [-0.39, 0.29) is 68.0 Å². The van der Waals surface area contributed by atoms with E-state index in [2.05, 4.69) is 9.97 Å². The molecular formula is C30H40N2O12. The molecule has 0 saturated carbocycles. The second-order valence-corrected chi connectivity index (χ2v) is 10.1. The lowest BCUT2D eigenvalue weighted by atomic mass is 9.85. The van der Waals surface area contributed by atoms with Gasteiger partial charge in [0, 0.05) is 16.7 Å². The number of carbonyl (C=O) groups excluding carboxylic acids is 3. The zero-order valence-electron chi connectivity index (χ0n) is 25.8. The maximum absolute atomic E-state index is 12.0. The normalized spacial score (nSPS) is 21.9. The molecule has 0 amide bonds. The molecule has 0 spiro atoms. The van der Waals surface area contributed by atoms with Gasteiger partial charge < -0.3 is 43.7 Å². The Labute approximate surface area is 255 Å². The van der Waals surface area contributed by atoms with Crippen molar-refractivity contribution in [1.29, 1.82) is 0 Å². The number of nitrogens with zero attached hydrogens (tertiary/aromatic N) is 2. The SMILES string of the molecule is CCCOC(=O)c1cc2c(c(OC)n1)COC(=O)C2(O)CC.CCCOC(=O)c1cc2c(c(OC)n1)COC(O)C2(O)CC. The number of carbonyl (C=O) groups is 3. The monoisotopic (exact) mass is 620 g/mol. The number of fused-ring (bicyclic) bond motifs is 2. The van der Waals surface area contributed by atoms with Gasteiger partial charge in [0.25, 0.3) is 0 Å². The van der Waals surface area contributed by atoms with E-state index >= 15 is 0 Å². The summed E-state index contributed by atoms with van der Waals surface area (Å²) >= 11 is 0. The first-order valence-electron chi connectivity index (χ1n) is 14.4. The quantitative estimate of drug-likeness (QED) is 0.259. The number of ether oxygens (including phenoxy) is 6. The summed E-state index contributed by atoms with van der Waals surface area (Å²) in [5.41, 5.74) is -1.78. The molecule has 0 bridgehead atoms. The van der Waals surface area contributed by atoms with Gasteiger partial charge in [0.2, 0.25) is 11.8 Å². The Hall–Kier alpha value is -3.85. The van der Waals surface area contributed by atoms with Crippen LogP contribution in [0.3, 0.4) is 0 Å². The van der Waals surface area contributed by atoms with Crippen molar-refractivity contribution in [2.24, 2.45) is 0 Å². The van der Waals surface area contributed by atoms with E-state index in [9.17, 15) is 29.7 Å². The standard InChI is InChI=1S/C15H21NO6.C15H19NO6/c2*1-4-6-21-13(17)11-7-10-9(12(16-11)20-3)8-22-14(18)15(10,19)5-2/h7,14,18-19H,4-6,8H2,1-3H3;7,19H,4-6,8H2,1-3H3. The average molecular weight is 621 g/mol. The molecule has 3 unspecified atom stereocenters. The highest BCUT2D eigenvalue weighted by Crippen LogP contribution is 2.40. The fraction of sp³-hybridized carbons (Fsp3) is 0.567. The number of hydrogen-bond donors (Lipinski definition) is 3. The molecular weight excluding hydrogens is 580 g/mol. The predicted octanol–water partition coefficient (Wildman–Crippen LogP) is 2.41. The average Bonchev–Trinajstić information content (AvgIpc) is 3.05. The molecule has 0 fully saturated rings. The number of esters is 3. The Balaban J connectivity index is 0.000000240. The van der Waals surface area contributed by atoms with Crippen LogP contribution in [0.25, 0.3) is 0 Å². The fourth-order valence-corrected chi connectivity index (χ4v) is 4.71. The van der Waals surface area contributed by atoms with Crippen LogP contribution in [0.1, 0.15) is 96.6 Å². The Morgan fingerprint density at radius 2 is 1.36 bits per heavy atom. The van der Waals surface area contributed by atoms with Gasteiger partial charge in [-0.3, -0.25) is 0 Å². The van der Waals surface area contributed by atoms with Gasteiger partial charge in [-0.2, -0.15) is 0 Å². The van der Waals surface area contributed by atoms with Crippen LogP contribution in [-0.4, -0.2) is 76.9 Å². The van der Waals surface area contributed by atoms with Crippen LogP contribution >= 0.6 is 0 Å². The molecule has 14 nitrogen and oxygen atoms in total. The highest BCUT2D eigenvalue weighted by atomic mass is 16.6. The molecule has 4 heterocycles. The van der Waals surface area contributed by atoms with E-state index in [1.54, 1.807) is 13.8 Å². The van der Waals surface area contributed by atoms with Crippen molar-refractivity contribution in [1.82, 2.24) is 9.97 Å². The Bertz CT molecular complexity index is 1370. The lowest BCUT2D eigenvalue weighted by Gasteiger charge is -2.38. The first-order chi connectivity index (χ1) is 20.9. The molecule has 3 atom stereocenters. The van der Waals surface area contributed by atoms with Gasteiger partial charge in [-0.25, -0.2) is 24.4 Å². The number of aromatic nitrogens is 2. The summed E-state index contributed by atoms with van der Waals surface area (Å²) in [7, 11) is 2.81. The maximum atomic E-state index is 12.0. The van der Waals surface area contributed by atoms with Gasteiger partial charge >= 0.3 is 17.9 Å². The summed E-state index contributed by atoms with van der Waals surface area (Å²) in [5, 5.41) is 31.2. The molecule has 4 rings (SSSR count). The topological polar surface area (TPSA) is 193 Å². The van der Waals surface area contributed by atoms with Crippen molar-refractivity contribution in [3.05, 3.63) is 45.8 Å². The Kier molecular flexibility index (Phi) is 11.6. The number of rotatable bonds is 10. The van der Waals surface area contributed by atoms with Crippen molar-refractivity contribution in [3.8, 4) is 11.8 Å². The predicted molar refractivity (Wildman–Crippen MR) is 152 cm³/mol. The molecule has 3 N–H and O–H groups in total. The van der Waals surface area contributed by atoms with Crippen molar-refractivity contribution in [2.45, 2.75) is 84.1 Å². The minimum absolute atomic E-state index is 0.00868. The van der Waals surface area contributed by atoms with Gasteiger partial charge in [0.1, 0.15) is 12.2 Å².